The Hall–Kier alpha value is -5.54. The van der Waals surface area contributed by atoms with Gasteiger partial charge in [-0.15, -0.1) is 0 Å². The highest BCUT2D eigenvalue weighted by Crippen LogP contribution is 2.42. The molecule has 0 saturated carbocycles. The van der Waals surface area contributed by atoms with Crippen LogP contribution < -0.4 is 20.4 Å². The number of pyridine rings is 1. The molecule has 2 aliphatic rings. The number of nitrogens with zero attached hydrogens (tertiary/aromatic N) is 5. The number of benzene rings is 2. The Morgan fingerprint density at radius 3 is 2.59 bits per heavy atom. The summed E-state index contributed by atoms with van der Waals surface area (Å²) in [4.78, 5) is 43.7. The zero-order chi connectivity index (χ0) is 38.8. The second-order valence-electron chi connectivity index (χ2n) is 13.2. The van der Waals surface area contributed by atoms with E-state index in [1.165, 1.54) is 19.9 Å². The van der Waals surface area contributed by atoms with Gasteiger partial charge in [-0.3, -0.25) is 24.4 Å². The number of amides is 3. The van der Waals surface area contributed by atoms with Gasteiger partial charge in [0.25, 0.3) is 5.91 Å². The third-order valence-electron chi connectivity index (χ3n) is 8.89. The number of anilines is 3. The highest BCUT2D eigenvalue weighted by atomic mass is 19.4. The van der Waals surface area contributed by atoms with Crippen LogP contribution in [0.4, 0.5) is 30.2 Å². The molecule has 17 heteroatoms. The van der Waals surface area contributed by atoms with Gasteiger partial charge in [-0.25, -0.2) is 4.98 Å². The Morgan fingerprint density at radius 2 is 1.85 bits per heavy atom. The SMILES string of the molecule is CN1c2c(C#CCOCCOCCn3cc4cc(NC(=O)c5cccc(C(F)(F)F)n5)c(C(C)(C)O)cc4n3)cccc2N(C2CCC(=O)NC2=O)C1O. The number of ether oxygens (including phenoxy) is 2. The van der Waals surface area contributed by atoms with E-state index < -0.39 is 47.4 Å². The molecule has 1 fully saturated rings. The monoisotopic (exact) mass is 749 g/mol. The number of hydrogen-bond acceptors (Lipinski definition) is 11. The van der Waals surface area contributed by atoms with Crippen molar-refractivity contribution in [1.82, 2.24) is 20.1 Å². The van der Waals surface area contributed by atoms with Crippen LogP contribution in [0.15, 0.2) is 54.7 Å². The molecular weight excluding hydrogens is 711 g/mol. The number of nitrogens with one attached hydrogen (secondary N) is 2. The normalized spacial score (nSPS) is 17.3. The fourth-order valence-electron chi connectivity index (χ4n) is 6.30. The van der Waals surface area contributed by atoms with Crippen LogP contribution in [0.1, 0.15) is 54.0 Å². The van der Waals surface area contributed by atoms with Crippen molar-refractivity contribution in [3.63, 3.8) is 0 Å². The van der Waals surface area contributed by atoms with Crippen LogP contribution in [0.2, 0.25) is 0 Å². The molecule has 0 bridgehead atoms. The average molecular weight is 750 g/mol. The molecule has 0 aliphatic carbocycles. The highest BCUT2D eigenvalue weighted by molar-refractivity contribution is 6.05. The molecule has 6 rings (SSSR count). The smallest absolute Gasteiger partial charge is 0.386 e. The predicted octanol–water partition coefficient (Wildman–Crippen LogP) is 3.35. The molecule has 3 amide bonds. The molecule has 284 valence electrons. The number of aliphatic hydroxyl groups is 2. The van der Waals surface area contributed by atoms with Gasteiger partial charge in [0.1, 0.15) is 24.0 Å². The van der Waals surface area contributed by atoms with Crippen LogP contribution in [0.25, 0.3) is 10.9 Å². The molecule has 2 aliphatic heterocycles. The summed E-state index contributed by atoms with van der Waals surface area (Å²) in [7, 11) is 1.70. The van der Waals surface area contributed by atoms with Crippen molar-refractivity contribution in [3.05, 3.63) is 77.2 Å². The number of aliphatic hydroxyl groups excluding tert-OH is 1. The van der Waals surface area contributed by atoms with Gasteiger partial charge in [-0.05, 0) is 56.7 Å². The fraction of sp³-hybridized carbons (Fsp3) is 0.378. The van der Waals surface area contributed by atoms with E-state index in [2.05, 4.69) is 32.6 Å². The molecule has 2 unspecified atom stereocenters. The molecule has 54 heavy (non-hydrogen) atoms. The minimum atomic E-state index is -4.71. The van der Waals surface area contributed by atoms with Gasteiger partial charge in [0.05, 0.1) is 54.4 Å². The number of para-hydroxylation sites is 1. The number of rotatable bonds is 11. The van der Waals surface area contributed by atoms with Crippen molar-refractivity contribution < 1.29 is 47.2 Å². The topological polar surface area (TPSA) is 171 Å². The first-order chi connectivity index (χ1) is 25.6. The number of fused-ring (bicyclic) bond motifs is 2. The Bertz CT molecular complexity index is 2140. The van der Waals surface area contributed by atoms with Crippen molar-refractivity contribution in [2.45, 2.75) is 57.4 Å². The van der Waals surface area contributed by atoms with Gasteiger partial charge < -0.3 is 34.8 Å². The second-order valence-corrected chi connectivity index (χ2v) is 13.2. The van der Waals surface area contributed by atoms with E-state index in [9.17, 15) is 37.8 Å². The Balaban J connectivity index is 1.00. The Labute approximate surface area is 307 Å². The molecule has 1 saturated heterocycles. The lowest BCUT2D eigenvalue weighted by atomic mass is 9.95. The van der Waals surface area contributed by atoms with E-state index in [1.54, 1.807) is 52.0 Å². The third-order valence-corrected chi connectivity index (χ3v) is 8.89. The summed E-state index contributed by atoms with van der Waals surface area (Å²) < 4.78 is 52.4. The number of alkyl halides is 3. The minimum absolute atomic E-state index is 0.118. The molecule has 0 radical (unpaired) electrons. The zero-order valence-electron chi connectivity index (χ0n) is 29.6. The minimum Gasteiger partial charge on any atom is -0.386 e. The summed E-state index contributed by atoms with van der Waals surface area (Å²) in [6, 6.07) is 10.9. The quantitative estimate of drug-likeness (QED) is 0.101. The first-order valence-corrected chi connectivity index (χ1v) is 17.0. The lowest BCUT2D eigenvalue weighted by Crippen LogP contribution is -2.56. The van der Waals surface area contributed by atoms with E-state index in [-0.39, 0.29) is 37.8 Å². The first-order valence-electron chi connectivity index (χ1n) is 17.0. The number of carbonyl (C=O) groups is 3. The molecular formula is C37H38F3N7O7. The average Bonchev–Trinajstić information content (AvgIpc) is 3.63. The summed E-state index contributed by atoms with van der Waals surface area (Å²) in [5.74, 6) is 4.39. The van der Waals surface area contributed by atoms with E-state index in [4.69, 9.17) is 9.47 Å². The number of hydrogen-bond donors (Lipinski definition) is 4. The lowest BCUT2D eigenvalue weighted by Gasteiger charge is -2.34. The van der Waals surface area contributed by atoms with Gasteiger partial charge in [-0.2, -0.15) is 18.3 Å². The number of carbonyl (C=O) groups excluding carboxylic acids is 3. The third kappa shape index (κ3) is 8.31. The first kappa shape index (κ1) is 38.2. The summed E-state index contributed by atoms with van der Waals surface area (Å²) in [6.07, 6.45) is -3.62. The van der Waals surface area contributed by atoms with Crippen molar-refractivity contribution in [2.75, 3.05) is 48.6 Å². The van der Waals surface area contributed by atoms with Crippen molar-refractivity contribution in [3.8, 4) is 11.8 Å². The van der Waals surface area contributed by atoms with E-state index in [1.807, 2.05) is 6.07 Å². The summed E-state index contributed by atoms with van der Waals surface area (Å²) in [6.45, 7) is 4.36. The second kappa shape index (κ2) is 15.4. The number of halogens is 3. The van der Waals surface area contributed by atoms with Crippen LogP contribution in [-0.4, -0.2) is 88.6 Å². The number of aromatic nitrogens is 3. The van der Waals surface area contributed by atoms with Crippen LogP contribution >= 0.6 is 0 Å². The van der Waals surface area contributed by atoms with Gasteiger partial charge in [0.15, 0.2) is 0 Å². The van der Waals surface area contributed by atoms with Gasteiger partial charge >= 0.3 is 6.18 Å². The highest BCUT2D eigenvalue weighted by Gasteiger charge is 2.42. The maximum atomic E-state index is 13.1. The largest absolute Gasteiger partial charge is 0.433 e. The molecule has 4 heterocycles. The fourth-order valence-corrected chi connectivity index (χ4v) is 6.30. The number of piperidine rings is 1. The molecule has 2 aromatic carbocycles. The summed E-state index contributed by atoms with van der Waals surface area (Å²) >= 11 is 0. The van der Waals surface area contributed by atoms with Crippen LogP contribution in [0.5, 0.6) is 0 Å². The molecule has 2 aromatic heterocycles. The van der Waals surface area contributed by atoms with Gasteiger partial charge in [0.2, 0.25) is 18.2 Å². The Kier molecular flexibility index (Phi) is 10.9. The van der Waals surface area contributed by atoms with E-state index >= 15 is 0 Å². The summed E-state index contributed by atoms with van der Waals surface area (Å²) in [5.41, 5.74) is -0.0507. The molecule has 0 spiro atoms. The molecule has 14 nitrogen and oxygen atoms in total. The predicted molar refractivity (Wildman–Crippen MR) is 190 cm³/mol. The lowest BCUT2D eigenvalue weighted by molar-refractivity contribution is -0.141. The van der Waals surface area contributed by atoms with Crippen LogP contribution in [0.3, 0.4) is 0 Å². The van der Waals surface area contributed by atoms with Crippen LogP contribution in [0, 0.1) is 11.8 Å². The van der Waals surface area contributed by atoms with E-state index in [0.717, 1.165) is 12.1 Å². The maximum Gasteiger partial charge on any atom is 0.433 e. The standard InChI is InChI=1S/C37H38F3N7O7/c1-36(2,52)24-20-26-23(19-27(24)42-33(49)25-9-5-11-30(41-25)37(38,39)40)21-46(44-26)14-16-54-18-17-53-15-6-8-22-7-4-10-28-32(22)45(3)35(51)47(28)29-12-13-31(48)43-34(29)50/h4-5,7,9-11,19-21,29,35,51-52H,12-18H2,1-3H3,(H,42,49)(H,43,48,50). The van der Waals surface area contributed by atoms with Crippen molar-refractivity contribution in [1.29, 1.82) is 0 Å². The van der Waals surface area contributed by atoms with Gasteiger partial charge in [-0.1, -0.05) is 24.0 Å². The number of imide groups is 1. The zero-order valence-corrected chi connectivity index (χ0v) is 29.6. The summed E-state index contributed by atoms with van der Waals surface area (Å²) in [5, 5.41) is 31.8. The molecule has 4 aromatic rings. The maximum absolute atomic E-state index is 13.1. The Morgan fingerprint density at radius 1 is 1.09 bits per heavy atom. The molecule has 4 N–H and O–H groups in total. The van der Waals surface area contributed by atoms with Crippen molar-refractivity contribution in [2.24, 2.45) is 0 Å². The van der Waals surface area contributed by atoms with Crippen molar-refractivity contribution >= 4 is 45.7 Å². The van der Waals surface area contributed by atoms with Gasteiger partial charge in [0, 0.05) is 36.3 Å². The van der Waals surface area contributed by atoms with Crippen LogP contribution in [-0.2, 0) is 37.4 Å². The van der Waals surface area contributed by atoms with E-state index in [0.29, 0.717) is 53.0 Å². The molecule has 2 atom stereocenters.